The fourth-order valence-corrected chi connectivity index (χ4v) is 1.32. The molecular formula is C8H7N3O3. The molecular weight excluding hydrogens is 186 g/mol. The van der Waals surface area contributed by atoms with Crippen molar-refractivity contribution in [3.8, 4) is 5.88 Å². The number of H-pyrrole nitrogens is 1. The molecule has 1 N–H and O–H groups in total. The van der Waals surface area contributed by atoms with Gasteiger partial charge in [0.05, 0.1) is 23.6 Å². The lowest BCUT2D eigenvalue weighted by Gasteiger charge is -1.97. The van der Waals surface area contributed by atoms with Gasteiger partial charge in [-0.1, -0.05) is 0 Å². The van der Waals surface area contributed by atoms with Gasteiger partial charge in [-0.2, -0.15) is 0 Å². The molecule has 0 aliphatic heterocycles. The number of aromatic nitrogens is 2. The van der Waals surface area contributed by atoms with E-state index in [1.165, 1.54) is 19.5 Å². The molecule has 0 saturated heterocycles. The van der Waals surface area contributed by atoms with E-state index in [1.807, 2.05) is 0 Å². The van der Waals surface area contributed by atoms with Crippen molar-refractivity contribution in [2.24, 2.45) is 0 Å². The van der Waals surface area contributed by atoms with E-state index in [0.29, 0.717) is 16.8 Å². The van der Waals surface area contributed by atoms with Crippen molar-refractivity contribution in [3.63, 3.8) is 0 Å². The minimum atomic E-state index is -0.446. The number of nitrogens with zero attached hydrogens (tertiary/aromatic N) is 2. The lowest BCUT2D eigenvalue weighted by molar-refractivity contribution is -0.383. The second kappa shape index (κ2) is 2.99. The first-order chi connectivity index (χ1) is 6.74. The first-order valence-electron chi connectivity index (χ1n) is 3.88. The monoisotopic (exact) mass is 193 g/mol. The zero-order valence-electron chi connectivity index (χ0n) is 7.35. The second-order valence-corrected chi connectivity index (χ2v) is 2.67. The molecule has 0 unspecified atom stereocenters. The number of pyridine rings is 1. The summed E-state index contributed by atoms with van der Waals surface area (Å²) in [6.45, 7) is 0. The Hall–Kier alpha value is -2.11. The number of fused-ring (bicyclic) bond motifs is 1. The zero-order valence-corrected chi connectivity index (χ0v) is 7.35. The molecule has 6 heteroatoms. The average Bonchev–Trinajstić information content (AvgIpc) is 2.60. The van der Waals surface area contributed by atoms with Crippen molar-refractivity contribution < 1.29 is 9.66 Å². The summed E-state index contributed by atoms with van der Waals surface area (Å²) in [7, 11) is 1.47. The first-order valence-corrected chi connectivity index (χ1v) is 3.88. The van der Waals surface area contributed by atoms with Crippen LogP contribution in [0.3, 0.4) is 0 Å². The maximum absolute atomic E-state index is 10.6. The maximum atomic E-state index is 10.6. The fraction of sp³-hybridized carbons (Fsp3) is 0.125. The Morgan fingerprint density at radius 3 is 3.07 bits per heavy atom. The Kier molecular flexibility index (Phi) is 1.81. The highest BCUT2D eigenvalue weighted by Gasteiger charge is 2.16. The summed E-state index contributed by atoms with van der Waals surface area (Å²) in [6, 6.07) is 1.58. The highest BCUT2D eigenvalue weighted by atomic mass is 16.6. The largest absolute Gasteiger partial charge is 0.479 e. The van der Waals surface area contributed by atoms with Gasteiger partial charge in [-0.25, -0.2) is 4.98 Å². The number of ether oxygens (including phenoxy) is 1. The SMILES string of the molecule is COc1nccc2c([N+](=O)[O-])c[nH]c12. The second-order valence-electron chi connectivity index (χ2n) is 2.67. The molecule has 0 spiro atoms. The molecule has 0 fully saturated rings. The molecule has 0 atom stereocenters. The van der Waals surface area contributed by atoms with Crippen LogP contribution in [0.2, 0.25) is 0 Å². The van der Waals surface area contributed by atoms with E-state index in [1.54, 1.807) is 6.07 Å². The van der Waals surface area contributed by atoms with Crippen molar-refractivity contribution in [1.82, 2.24) is 9.97 Å². The van der Waals surface area contributed by atoms with Crippen molar-refractivity contribution in [2.75, 3.05) is 7.11 Å². The van der Waals surface area contributed by atoms with Gasteiger partial charge in [-0.3, -0.25) is 10.1 Å². The summed E-state index contributed by atoms with van der Waals surface area (Å²) in [5, 5.41) is 11.1. The van der Waals surface area contributed by atoms with Gasteiger partial charge in [-0.05, 0) is 6.07 Å². The van der Waals surface area contributed by atoms with Gasteiger partial charge in [0.1, 0.15) is 5.52 Å². The summed E-state index contributed by atoms with van der Waals surface area (Å²) >= 11 is 0. The smallest absolute Gasteiger partial charge is 0.294 e. The van der Waals surface area contributed by atoms with Gasteiger partial charge in [-0.15, -0.1) is 0 Å². The number of nitro groups is 1. The number of hydrogen-bond acceptors (Lipinski definition) is 4. The van der Waals surface area contributed by atoms with Crippen molar-refractivity contribution in [2.45, 2.75) is 0 Å². The third-order valence-electron chi connectivity index (χ3n) is 1.94. The number of aromatic amines is 1. The van der Waals surface area contributed by atoms with Gasteiger partial charge in [0.25, 0.3) is 5.69 Å². The van der Waals surface area contributed by atoms with E-state index in [0.717, 1.165) is 0 Å². The van der Waals surface area contributed by atoms with E-state index < -0.39 is 4.92 Å². The number of rotatable bonds is 2. The molecule has 2 aromatic heterocycles. The summed E-state index contributed by atoms with van der Waals surface area (Å²) in [6.07, 6.45) is 2.80. The van der Waals surface area contributed by atoms with Gasteiger partial charge in [0.15, 0.2) is 0 Å². The summed E-state index contributed by atoms with van der Waals surface area (Å²) in [4.78, 5) is 16.8. The summed E-state index contributed by atoms with van der Waals surface area (Å²) in [5.74, 6) is 0.357. The van der Waals surface area contributed by atoms with Crippen molar-refractivity contribution >= 4 is 16.6 Å². The van der Waals surface area contributed by atoms with Crippen molar-refractivity contribution in [1.29, 1.82) is 0 Å². The van der Waals surface area contributed by atoms with Crippen LogP contribution in [0.25, 0.3) is 10.9 Å². The molecule has 0 amide bonds. The molecule has 0 bridgehead atoms. The normalized spacial score (nSPS) is 10.4. The van der Waals surface area contributed by atoms with E-state index in [-0.39, 0.29) is 5.69 Å². The average molecular weight is 193 g/mol. The van der Waals surface area contributed by atoms with Gasteiger partial charge < -0.3 is 9.72 Å². The Morgan fingerprint density at radius 1 is 1.64 bits per heavy atom. The molecule has 0 aliphatic rings. The molecule has 0 aromatic carbocycles. The number of nitrogens with one attached hydrogen (secondary N) is 1. The fourth-order valence-electron chi connectivity index (χ4n) is 1.32. The molecule has 2 rings (SSSR count). The van der Waals surface area contributed by atoms with E-state index in [9.17, 15) is 10.1 Å². The van der Waals surface area contributed by atoms with Gasteiger partial charge >= 0.3 is 0 Å². The first kappa shape index (κ1) is 8.49. The molecule has 2 aromatic rings. The molecule has 0 saturated carbocycles. The maximum Gasteiger partial charge on any atom is 0.294 e. The molecule has 0 aliphatic carbocycles. The predicted molar refractivity (Wildman–Crippen MR) is 49.3 cm³/mol. The Balaban J connectivity index is 2.75. The molecule has 2 heterocycles. The highest BCUT2D eigenvalue weighted by molar-refractivity contribution is 5.91. The molecule has 6 nitrogen and oxygen atoms in total. The summed E-state index contributed by atoms with van der Waals surface area (Å²) < 4.78 is 4.96. The van der Waals surface area contributed by atoms with Crippen LogP contribution in [-0.4, -0.2) is 22.0 Å². The lowest BCUT2D eigenvalue weighted by Crippen LogP contribution is -1.88. The zero-order chi connectivity index (χ0) is 10.1. The van der Waals surface area contributed by atoms with Crippen LogP contribution in [0.15, 0.2) is 18.5 Å². The quantitative estimate of drug-likeness (QED) is 0.578. The summed E-state index contributed by atoms with van der Waals surface area (Å²) in [5.41, 5.74) is 0.572. The third-order valence-corrected chi connectivity index (χ3v) is 1.94. The molecule has 14 heavy (non-hydrogen) atoms. The van der Waals surface area contributed by atoms with Gasteiger partial charge in [0.2, 0.25) is 5.88 Å². The van der Waals surface area contributed by atoms with E-state index >= 15 is 0 Å². The van der Waals surface area contributed by atoms with E-state index in [2.05, 4.69) is 9.97 Å². The molecule has 72 valence electrons. The van der Waals surface area contributed by atoms with Crippen LogP contribution < -0.4 is 4.74 Å². The minimum absolute atomic E-state index is 0.0284. The minimum Gasteiger partial charge on any atom is -0.479 e. The van der Waals surface area contributed by atoms with Crippen LogP contribution in [0.1, 0.15) is 0 Å². The predicted octanol–water partition coefficient (Wildman–Crippen LogP) is 1.48. The van der Waals surface area contributed by atoms with Crippen LogP contribution in [-0.2, 0) is 0 Å². The number of methoxy groups -OCH3 is 1. The molecule has 0 radical (unpaired) electrons. The van der Waals surface area contributed by atoms with Crippen molar-refractivity contribution in [3.05, 3.63) is 28.6 Å². The van der Waals surface area contributed by atoms with Gasteiger partial charge in [0, 0.05) is 6.20 Å². The lowest BCUT2D eigenvalue weighted by atomic mass is 10.3. The highest BCUT2D eigenvalue weighted by Crippen LogP contribution is 2.29. The third kappa shape index (κ3) is 1.08. The van der Waals surface area contributed by atoms with Crippen LogP contribution in [0.5, 0.6) is 5.88 Å². The standard InChI is InChI=1S/C8H7N3O3/c1-14-8-7-5(2-3-9-8)6(4-10-7)11(12)13/h2-4,10H,1H3. The Labute approximate surface area is 78.7 Å². The van der Waals surface area contributed by atoms with E-state index in [4.69, 9.17) is 4.74 Å². The van der Waals surface area contributed by atoms with Crippen LogP contribution in [0, 0.1) is 10.1 Å². The Bertz CT molecular complexity index is 492. The Morgan fingerprint density at radius 2 is 2.43 bits per heavy atom. The number of hydrogen-bond donors (Lipinski definition) is 1. The van der Waals surface area contributed by atoms with Crippen LogP contribution >= 0.6 is 0 Å². The van der Waals surface area contributed by atoms with Crippen LogP contribution in [0.4, 0.5) is 5.69 Å². The topological polar surface area (TPSA) is 81.1 Å².